The average molecular weight is 379 g/mol. The number of rotatable bonds is 2. The summed E-state index contributed by atoms with van der Waals surface area (Å²) in [5.74, 6) is 1.60. The molecule has 1 aromatic heterocycles. The van der Waals surface area contributed by atoms with E-state index in [1.165, 1.54) is 5.56 Å². The molecule has 0 N–H and O–H groups in total. The van der Waals surface area contributed by atoms with Crippen LogP contribution < -0.4 is 0 Å². The van der Waals surface area contributed by atoms with Crippen molar-refractivity contribution in [2.45, 2.75) is 13.3 Å². The van der Waals surface area contributed by atoms with Crippen molar-refractivity contribution in [2.24, 2.45) is 0 Å². The Balaban J connectivity index is 1.64. The van der Waals surface area contributed by atoms with Gasteiger partial charge in [0.05, 0.1) is 0 Å². The Hall–Kier alpha value is -2.39. The third kappa shape index (κ3) is 2.65. The molecule has 0 bridgehead atoms. The van der Waals surface area contributed by atoms with Crippen molar-refractivity contribution in [1.29, 1.82) is 0 Å². The lowest BCUT2D eigenvalue weighted by molar-refractivity contribution is 0.104. The van der Waals surface area contributed by atoms with Crippen molar-refractivity contribution in [3.8, 4) is 11.3 Å². The molecule has 0 saturated heterocycles. The van der Waals surface area contributed by atoms with Crippen LogP contribution in [0.4, 0.5) is 0 Å². The minimum absolute atomic E-state index is 0.0987. The molecule has 1 aliphatic rings. The van der Waals surface area contributed by atoms with E-state index < -0.39 is 0 Å². The van der Waals surface area contributed by atoms with Gasteiger partial charge in [0.2, 0.25) is 0 Å². The quantitative estimate of drug-likeness (QED) is 0.524. The normalized spacial score (nSPS) is 15.1. The van der Waals surface area contributed by atoms with E-state index in [-0.39, 0.29) is 5.78 Å². The predicted octanol–water partition coefficient (Wildman–Crippen LogP) is 5.84. The van der Waals surface area contributed by atoms with Crippen molar-refractivity contribution in [2.75, 3.05) is 0 Å². The molecule has 0 saturated carbocycles. The monoisotopic (exact) mass is 378 g/mol. The smallest absolute Gasteiger partial charge is 0.189 e. The van der Waals surface area contributed by atoms with Gasteiger partial charge in [0.15, 0.2) is 5.78 Å². The van der Waals surface area contributed by atoms with Gasteiger partial charge in [-0.25, -0.2) is 0 Å². The molecule has 4 rings (SSSR count). The lowest BCUT2D eigenvalue weighted by Gasteiger charge is -2.01. The van der Waals surface area contributed by atoms with Crippen molar-refractivity contribution in [3.05, 3.63) is 87.1 Å². The van der Waals surface area contributed by atoms with Gasteiger partial charge in [-0.1, -0.05) is 52.3 Å². The molecular formula is C21H15BrO2. The summed E-state index contributed by atoms with van der Waals surface area (Å²) in [5, 5.41) is 0. The summed E-state index contributed by atoms with van der Waals surface area (Å²) in [6, 6.07) is 17.7. The number of carbonyl (C=O) groups is 1. The number of ketones is 1. The van der Waals surface area contributed by atoms with Crippen LogP contribution in [0.1, 0.15) is 27.2 Å². The number of carbonyl (C=O) groups excluding carboxylic acids is 1. The predicted molar refractivity (Wildman–Crippen MR) is 99.0 cm³/mol. The van der Waals surface area contributed by atoms with Crippen molar-refractivity contribution >= 4 is 27.8 Å². The molecule has 118 valence electrons. The third-order valence-electron chi connectivity index (χ3n) is 4.33. The summed E-state index contributed by atoms with van der Waals surface area (Å²) >= 11 is 3.55. The lowest BCUT2D eigenvalue weighted by atomic mass is 10.1. The number of furan rings is 1. The first kappa shape index (κ1) is 15.2. The fraction of sp³-hybridized carbons (Fsp3) is 0.0952. The molecule has 2 nitrogen and oxygen atoms in total. The van der Waals surface area contributed by atoms with Crippen LogP contribution in [-0.4, -0.2) is 5.78 Å². The Morgan fingerprint density at radius 1 is 1.08 bits per heavy atom. The highest BCUT2D eigenvalue weighted by molar-refractivity contribution is 9.10. The summed E-state index contributed by atoms with van der Waals surface area (Å²) < 4.78 is 6.98. The molecule has 1 heterocycles. The first-order valence-electron chi connectivity index (χ1n) is 7.81. The highest BCUT2D eigenvalue weighted by Gasteiger charge is 2.24. The van der Waals surface area contributed by atoms with Crippen LogP contribution in [0.15, 0.2) is 69.1 Å². The van der Waals surface area contributed by atoms with Crippen LogP contribution in [-0.2, 0) is 6.42 Å². The summed E-state index contributed by atoms with van der Waals surface area (Å²) in [4.78, 5) is 12.4. The van der Waals surface area contributed by atoms with Gasteiger partial charge in [-0.2, -0.15) is 0 Å². The van der Waals surface area contributed by atoms with Gasteiger partial charge in [0, 0.05) is 27.6 Å². The minimum atomic E-state index is 0.0987. The number of Topliss-reactive ketones (excluding diaryl/α,β-unsaturated/α-hetero) is 1. The van der Waals surface area contributed by atoms with Crippen LogP contribution in [0, 0.1) is 6.92 Å². The molecule has 24 heavy (non-hydrogen) atoms. The van der Waals surface area contributed by atoms with Gasteiger partial charge in [-0.3, -0.25) is 4.79 Å². The number of halogens is 1. The molecule has 3 heteroatoms. The number of hydrogen-bond donors (Lipinski definition) is 0. The van der Waals surface area contributed by atoms with E-state index in [9.17, 15) is 4.79 Å². The summed E-state index contributed by atoms with van der Waals surface area (Å²) in [5.41, 5.74) is 4.86. The summed E-state index contributed by atoms with van der Waals surface area (Å²) in [6.45, 7) is 2.05. The Bertz CT molecular complexity index is 979. The highest BCUT2D eigenvalue weighted by Crippen LogP contribution is 2.30. The second-order valence-corrected chi connectivity index (χ2v) is 6.85. The maximum Gasteiger partial charge on any atom is 0.189 e. The van der Waals surface area contributed by atoms with E-state index in [0.717, 1.165) is 32.5 Å². The van der Waals surface area contributed by atoms with Crippen molar-refractivity contribution < 1.29 is 9.21 Å². The second-order valence-electron chi connectivity index (χ2n) is 6.00. The van der Waals surface area contributed by atoms with E-state index in [1.807, 2.05) is 54.6 Å². The first-order chi connectivity index (χ1) is 11.6. The van der Waals surface area contributed by atoms with Crippen molar-refractivity contribution in [1.82, 2.24) is 0 Å². The number of benzene rings is 2. The zero-order chi connectivity index (χ0) is 16.7. The molecule has 0 radical (unpaired) electrons. The Morgan fingerprint density at radius 2 is 1.92 bits per heavy atom. The molecule has 0 amide bonds. The molecule has 0 spiro atoms. The van der Waals surface area contributed by atoms with Gasteiger partial charge in [-0.15, -0.1) is 0 Å². The van der Waals surface area contributed by atoms with E-state index >= 15 is 0 Å². The third-order valence-corrected chi connectivity index (χ3v) is 5.19. The second kappa shape index (κ2) is 5.91. The molecule has 2 aromatic carbocycles. The zero-order valence-electron chi connectivity index (χ0n) is 13.2. The molecule has 3 aromatic rings. The van der Waals surface area contributed by atoms with Crippen LogP contribution in [0.25, 0.3) is 17.4 Å². The Morgan fingerprint density at radius 3 is 2.71 bits per heavy atom. The highest BCUT2D eigenvalue weighted by atomic mass is 79.9. The fourth-order valence-corrected chi connectivity index (χ4v) is 3.35. The van der Waals surface area contributed by atoms with Gasteiger partial charge in [-0.05, 0) is 42.3 Å². The SMILES string of the molecule is Cc1ccc(-c2ccc(C=C3Cc4ccccc4C3=O)o2)cc1Br. The van der Waals surface area contributed by atoms with Crippen molar-refractivity contribution in [3.63, 3.8) is 0 Å². The molecule has 1 aliphatic carbocycles. The molecule has 0 unspecified atom stereocenters. The largest absolute Gasteiger partial charge is 0.457 e. The van der Waals surface area contributed by atoms with Gasteiger partial charge >= 0.3 is 0 Å². The number of allylic oxidation sites excluding steroid dienone is 1. The van der Waals surface area contributed by atoms with Gasteiger partial charge < -0.3 is 4.42 Å². The fourth-order valence-electron chi connectivity index (χ4n) is 2.97. The molecular weight excluding hydrogens is 364 g/mol. The minimum Gasteiger partial charge on any atom is -0.457 e. The van der Waals surface area contributed by atoms with E-state index in [4.69, 9.17) is 4.42 Å². The summed E-state index contributed by atoms with van der Waals surface area (Å²) in [6.07, 6.45) is 2.52. The van der Waals surface area contributed by atoms with Gasteiger partial charge in [0.1, 0.15) is 11.5 Å². The van der Waals surface area contributed by atoms with Crippen LogP contribution >= 0.6 is 15.9 Å². The standard InChI is InChI=1S/C21H15BrO2/c1-13-6-7-15(12-19(13)22)20-9-8-17(24-20)11-16-10-14-4-2-3-5-18(14)21(16)23/h2-9,11-12H,10H2,1H3. The topological polar surface area (TPSA) is 30.2 Å². The molecule has 0 aliphatic heterocycles. The van der Waals surface area contributed by atoms with Crippen LogP contribution in [0.5, 0.6) is 0 Å². The number of hydrogen-bond acceptors (Lipinski definition) is 2. The first-order valence-corrected chi connectivity index (χ1v) is 8.60. The van der Waals surface area contributed by atoms with Crippen LogP contribution in [0.2, 0.25) is 0 Å². The summed E-state index contributed by atoms with van der Waals surface area (Å²) in [7, 11) is 0. The maximum atomic E-state index is 12.4. The number of fused-ring (bicyclic) bond motifs is 1. The zero-order valence-corrected chi connectivity index (χ0v) is 14.8. The Labute approximate surface area is 148 Å². The van der Waals surface area contributed by atoms with E-state index in [1.54, 1.807) is 0 Å². The van der Waals surface area contributed by atoms with Crippen LogP contribution in [0.3, 0.4) is 0 Å². The molecule has 0 fully saturated rings. The van der Waals surface area contributed by atoms with E-state index in [2.05, 4.69) is 28.9 Å². The maximum absolute atomic E-state index is 12.4. The van der Waals surface area contributed by atoms with E-state index in [0.29, 0.717) is 12.2 Å². The average Bonchev–Trinajstić information content (AvgIpc) is 3.16. The van der Waals surface area contributed by atoms with Gasteiger partial charge in [0.25, 0.3) is 0 Å². The molecule has 0 atom stereocenters. The number of aryl methyl sites for hydroxylation is 1. The Kier molecular flexibility index (Phi) is 3.73. The lowest BCUT2D eigenvalue weighted by Crippen LogP contribution is -1.94.